The smallest absolute Gasteiger partial charge is 0.258 e. The van der Waals surface area contributed by atoms with Crippen LogP contribution in [0.2, 0.25) is 5.15 Å². The summed E-state index contributed by atoms with van der Waals surface area (Å²) in [6.45, 7) is 2.79. The summed E-state index contributed by atoms with van der Waals surface area (Å²) in [6, 6.07) is 15.8. The maximum Gasteiger partial charge on any atom is 0.258 e. The van der Waals surface area contributed by atoms with Crippen molar-refractivity contribution in [2.45, 2.75) is 38.6 Å². The Kier molecular flexibility index (Phi) is 7.08. The number of halogens is 2. The molecule has 172 valence electrons. The van der Waals surface area contributed by atoms with Crippen molar-refractivity contribution >= 4 is 23.4 Å². The average Bonchev–Trinajstić information content (AvgIpc) is 3.12. The van der Waals surface area contributed by atoms with Gasteiger partial charge < -0.3 is 10.2 Å². The molecule has 0 atom stereocenters. The Labute approximate surface area is 197 Å². The molecule has 0 unspecified atom stereocenters. The number of amides is 2. The Morgan fingerprint density at radius 1 is 1.09 bits per heavy atom. The van der Waals surface area contributed by atoms with Gasteiger partial charge in [0, 0.05) is 25.6 Å². The van der Waals surface area contributed by atoms with E-state index < -0.39 is 0 Å². The summed E-state index contributed by atoms with van der Waals surface area (Å²) in [5.74, 6) is -0.507. The van der Waals surface area contributed by atoms with Gasteiger partial charge in [0.05, 0.1) is 16.9 Å². The Balaban J connectivity index is 1.33. The number of nitrogens with zero attached hydrogens (tertiary/aromatic N) is 3. The molecule has 2 heterocycles. The zero-order chi connectivity index (χ0) is 23.4. The van der Waals surface area contributed by atoms with E-state index in [0.717, 1.165) is 5.56 Å². The van der Waals surface area contributed by atoms with Crippen LogP contribution < -0.4 is 5.32 Å². The first-order valence-electron chi connectivity index (χ1n) is 11.1. The second kappa shape index (κ2) is 10.2. The molecular formula is C25H26ClFN4O2. The van der Waals surface area contributed by atoms with E-state index in [0.29, 0.717) is 55.7 Å². The predicted molar refractivity (Wildman–Crippen MR) is 125 cm³/mol. The first kappa shape index (κ1) is 23.0. The first-order valence-corrected chi connectivity index (χ1v) is 11.4. The molecule has 1 aliphatic rings. The van der Waals surface area contributed by atoms with Crippen LogP contribution in [0.5, 0.6) is 0 Å². The van der Waals surface area contributed by atoms with Crippen molar-refractivity contribution in [2.24, 2.45) is 0 Å². The number of carbonyl (C=O) groups is 2. The van der Waals surface area contributed by atoms with Crippen LogP contribution in [-0.2, 0) is 11.2 Å². The first-order chi connectivity index (χ1) is 15.9. The molecule has 1 fully saturated rings. The minimum atomic E-state index is -0.356. The monoisotopic (exact) mass is 468 g/mol. The third kappa shape index (κ3) is 5.42. The summed E-state index contributed by atoms with van der Waals surface area (Å²) in [4.78, 5) is 27.2. The van der Waals surface area contributed by atoms with Crippen LogP contribution in [0.1, 0.15) is 40.9 Å². The molecule has 2 aromatic carbocycles. The van der Waals surface area contributed by atoms with Crippen molar-refractivity contribution in [3.8, 4) is 5.69 Å². The van der Waals surface area contributed by atoms with E-state index in [4.69, 9.17) is 11.6 Å². The number of rotatable bonds is 6. The van der Waals surface area contributed by atoms with E-state index in [-0.39, 0.29) is 28.8 Å². The van der Waals surface area contributed by atoms with Gasteiger partial charge in [0.1, 0.15) is 11.0 Å². The van der Waals surface area contributed by atoms with Gasteiger partial charge in [-0.15, -0.1) is 0 Å². The van der Waals surface area contributed by atoms with Gasteiger partial charge in [-0.3, -0.25) is 9.59 Å². The van der Waals surface area contributed by atoms with Gasteiger partial charge >= 0.3 is 0 Å². The summed E-state index contributed by atoms with van der Waals surface area (Å²) in [5.41, 5.74) is 2.60. The summed E-state index contributed by atoms with van der Waals surface area (Å²) in [7, 11) is 0. The number of carbonyl (C=O) groups excluding carboxylic acids is 2. The second-order valence-electron chi connectivity index (χ2n) is 8.26. The van der Waals surface area contributed by atoms with Crippen LogP contribution >= 0.6 is 11.6 Å². The molecule has 0 radical (unpaired) electrons. The Hall–Kier alpha value is -3.19. The number of aromatic nitrogens is 2. The lowest BCUT2D eigenvalue weighted by Gasteiger charge is -2.32. The lowest BCUT2D eigenvalue weighted by molar-refractivity contribution is -0.122. The predicted octanol–water partition coefficient (Wildman–Crippen LogP) is 4.33. The summed E-state index contributed by atoms with van der Waals surface area (Å²) in [5, 5.41) is 7.68. The van der Waals surface area contributed by atoms with Gasteiger partial charge in [0.2, 0.25) is 5.91 Å². The van der Waals surface area contributed by atoms with Gasteiger partial charge in [-0.2, -0.15) is 5.10 Å². The molecule has 3 aromatic rings. The van der Waals surface area contributed by atoms with Crippen molar-refractivity contribution in [3.05, 3.63) is 82.4 Å². The Morgan fingerprint density at radius 2 is 1.76 bits per heavy atom. The fourth-order valence-corrected chi connectivity index (χ4v) is 4.44. The summed E-state index contributed by atoms with van der Waals surface area (Å²) >= 11 is 6.50. The molecule has 0 aliphatic carbocycles. The van der Waals surface area contributed by atoms with Crippen LogP contribution in [0.3, 0.4) is 0 Å². The van der Waals surface area contributed by atoms with E-state index in [1.807, 2.05) is 30.3 Å². The topological polar surface area (TPSA) is 67.2 Å². The van der Waals surface area contributed by atoms with Gasteiger partial charge in [0.15, 0.2) is 0 Å². The maximum atomic E-state index is 13.2. The molecule has 0 spiro atoms. The van der Waals surface area contributed by atoms with Crippen molar-refractivity contribution < 1.29 is 14.0 Å². The van der Waals surface area contributed by atoms with E-state index in [1.165, 1.54) is 16.8 Å². The fourth-order valence-electron chi connectivity index (χ4n) is 4.08. The third-order valence-corrected chi connectivity index (χ3v) is 6.27. The standard InChI is InChI=1S/C25H26ClFN4O2/c1-17-23(24(26)31(29-17)21-10-8-19(27)9-11-21)25(33)30-15-13-20(14-16-30)28-22(32)12-7-18-5-3-2-4-6-18/h2-6,8-11,20H,7,12-16H2,1H3,(H,28,32). The number of hydrogen-bond acceptors (Lipinski definition) is 3. The summed E-state index contributed by atoms with van der Waals surface area (Å²) < 4.78 is 14.7. The van der Waals surface area contributed by atoms with Crippen LogP contribution in [0.25, 0.3) is 5.69 Å². The molecule has 0 bridgehead atoms. The van der Waals surface area contributed by atoms with Crippen LogP contribution in [-0.4, -0.2) is 45.6 Å². The van der Waals surface area contributed by atoms with E-state index in [9.17, 15) is 14.0 Å². The lowest BCUT2D eigenvalue weighted by Crippen LogP contribution is -2.46. The molecule has 2 amide bonds. The molecule has 1 N–H and O–H groups in total. The number of benzene rings is 2. The van der Waals surface area contributed by atoms with Crippen LogP contribution in [0.4, 0.5) is 4.39 Å². The van der Waals surface area contributed by atoms with Gasteiger partial charge in [0.25, 0.3) is 5.91 Å². The minimum absolute atomic E-state index is 0.0306. The quantitative estimate of drug-likeness (QED) is 0.585. The molecule has 33 heavy (non-hydrogen) atoms. The van der Waals surface area contributed by atoms with Gasteiger partial charge in [-0.1, -0.05) is 41.9 Å². The van der Waals surface area contributed by atoms with Crippen molar-refractivity contribution in [1.82, 2.24) is 20.0 Å². The third-order valence-electron chi connectivity index (χ3n) is 5.92. The molecule has 8 heteroatoms. The maximum absolute atomic E-state index is 13.2. The highest BCUT2D eigenvalue weighted by molar-refractivity contribution is 6.33. The number of piperidine rings is 1. The average molecular weight is 469 g/mol. The zero-order valence-electron chi connectivity index (χ0n) is 18.4. The van der Waals surface area contributed by atoms with E-state index >= 15 is 0 Å². The highest BCUT2D eigenvalue weighted by Crippen LogP contribution is 2.26. The van der Waals surface area contributed by atoms with Gasteiger partial charge in [-0.05, 0) is 56.0 Å². The fraction of sp³-hybridized carbons (Fsp3) is 0.320. The molecule has 0 saturated carbocycles. The molecule has 1 saturated heterocycles. The molecule has 6 nitrogen and oxygen atoms in total. The highest BCUT2D eigenvalue weighted by Gasteiger charge is 2.29. The minimum Gasteiger partial charge on any atom is -0.353 e. The Morgan fingerprint density at radius 3 is 2.42 bits per heavy atom. The number of likely N-dealkylation sites (tertiary alicyclic amines) is 1. The van der Waals surface area contributed by atoms with Crippen molar-refractivity contribution in [3.63, 3.8) is 0 Å². The molecular weight excluding hydrogens is 443 g/mol. The van der Waals surface area contributed by atoms with Gasteiger partial charge in [-0.25, -0.2) is 9.07 Å². The SMILES string of the molecule is Cc1nn(-c2ccc(F)cc2)c(Cl)c1C(=O)N1CCC(NC(=O)CCc2ccccc2)CC1. The largest absolute Gasteiger partial charge is 0.353 e. The van der Waals surface area contributed by atoms with Crippen molar-refractivity contribution in [2.75, 3.05) is 13.1 Å². The van der Waals surface area contributed by atoms with Crippen LogP contribution in [0, 0.1) is 12.7 Å². The van der Waals surface area contributed by atoms with Crippen molar-refractivity contribution in [1.29, 1.82) is 0 Å². The normalized spacial score (nSPS) is 14.3. The highest BCUT2D eigenvalue weighted by atomic mass is 35.5. The lowest BCUT2D eigenvalue weighted by atomic mass is 10.0. The second-order valence-corrected chi connectivity index (χ2v) is 8.62. The molecule has 1 aliphatic heterocycles. The van der Waals surface area contributed by atoms with E-state index in [2.05, 4.69) is 10.4 Å². The number of nitrogens with one attached hydrogen (secondary N) is 1. The number of aryl methyl sites for hydroxylation is 2. The summed E-state index contributed by atoms with van der Waals surface area (Å²) in [6.07, 6.45) is 2.53. The molecule has 4 rings (SSSR count). The Bertz CT molecular complexity index is 1120. The zero-order valence-corrected chi connectivity index (χ0v) is 19.2. The van der Waals surface area contributed by atoms with E-state index in [1.54, 1.807) is 24.0 Å². The molecule has 1 aromatic heterocycles. The number of hydrogen-bond donors (Lipinski definition) is 1. The van der Waals surface area contributed by atoms with Crippen LogP contribution in [0.15, 0.2) is 54.6 Å².